The number of carboxylic acid groups (broad SMARTS) is 1. The van der Waals surface area contributed by atoms with E-state index in [-0.39, 0.29) is 23.9 Å². The van der Waals surface area contributed by atoms with E-state index in [4.69, 9.17) is 5.11 Å². The topological polar surface area (TPSA) is 89.9 Å². The minimum Gasteiger partial charge on any atom is -0.481 e. The zero-order valence-corrected chi connectivity index (χ0v) is 11.8. The van der Waals surface area contributed by atoms with Gasteiger partial charge in [0.05, 0.1) is 5.92 Å². The van der Waals surface area contributed by atoms with Crippen molar-refractivity contribution in [1.29, 1.82) is 0 Å². The lowest BCUT2D eigenvalue weighted by atomic mass is 9.92. The summed E-state index contributed by atoms with van der Waals surface area (Å²) in [4.78, 5) is 38.4. The van der Waals surface area contributed by atoms with Crippen LogP contribution in [0.5, 0.6) is 0 Å². The molecule has 0 bridgehead atoms. The van der Waals surface area contributed by atoms with E-state index < -0.39 is 12.0 Å². The number of likely N-dealkylation sites (tertiary alicyclic amines) is 1. The van der Waals surface area contributed by atoms with Gasteiger partial charge in [0.1, 0.15) is 6.04 Å². The predicted octanol–water partition coefficient (Wildman–Crippen LogP) is 0.112. The quantitative estimate of drug-likeness (QED) is 0.715. The standard InChI is InChI=1S/C13H21N3O4/c1-8-7-10(12(18)19)3-5-15(8)13(20)16-6-4-14-11(17)9(16)2/h8-10H,3-7H2,1-2H3,(H,14,17)(H,18,19). The van der Waals surface area contributed by atoms with Crippen LogP contribution in [0.25, 0.3) is 0 Å². The molecule has 0 aromatic heterocycles. The van der Waals surface area contributed by atoms with Crippen LogP contribution in [0.15, 0.2) is 0 Å². The molecule has 2 aliphatic rings. The number of amides is 3. The van der Waals surface area contributed by atoms with E-state index >= 15 is 0 Å². The number of carbonyl (C=O) groups is 3. The number of nitrogens with zero attached hydrogens (tertiary/aromatic N) is 2. The molecule has 2 N–H and O–H groups in total. The van der Waals surface area contributed by atoms with Crippen LogP contribution >= 0.6 is 0 Å². The summed E-state index contributed by atoms with van der Waals surface area (Å²) in [7, 11) is 0. The molecule has 0 radical (unpaired) electrons. The third-order valence-corrected chi connectivity index (χ3v) is 4.22. The van der Waals surface area contributed by atoms with Crippen LogP contribution in [0.3, 0.4) is 0 Å². The molecule has 0 aliphatic carbocycles. The number of urea groups is 1. The largest absolute Gasteiger partial charge is 0.481 e. The summed E-state index contributed by atoms with van der Waals surface area (Å²) in [6, 6.07) is -0.751. The molecule has 0 aromatic rings. The molecule has 3 atom stereocenters. The zero-order valence-electron chi connectivity index (χ0n) is 11.8. The minimum atomic E-state index is -0.797. The first kappa shape index (κ1) is 14.6. The Labute approximate surface area is 117 Å². The van der Waals surface area contributed by atoms with Crippen LogP contribution in [-0.2, 0) is 9.59 Å². The first-order chi connectivity index (χ1) is 9.41. The van der Waals surface area contributed by atoms with Gasteiger partial charge >= 0.3 is 12.0 Å². The van der Waals surface area contributed by atoms with Crippen LogP contribution in [-0.4, -0.2) is 64.5 Å². The number of hydrogen-bond acceptors (Lipinski definition) is 3. The average molecular weight is 283 g/mol. The Morgan fingerprint density at radius 3 is 2.55 bits per heavy atom. The Bertz CT molecular complexity index is 426. The minimum absolute atomic E-state index is 0.116. The lowest BCUT2D eigenvalue weighted by molar-refractivity contribution is -0.143. The number of piperidine rings is 1. The first-order valence-electron chi connectivity index (χ1n) is 6.99. The highest BCUT2D eigenvalue weighted by molar-refractivity contribution is 5.88. The summed E-state index contributed by atoms with van der Waals surface area (Å²) in [5, 5.41) is 11.8. The van der Waals surface area contributed by atoms with Crippen molar-refractivity contribution in [3.05, 3.63) is 0 Å². The van der Waals surface area contributed by atoms with Gasteiger partial charge in [0.2, 0.25) is 5.91 Å². The number of hydrogen-bond donors (Lipinski definition) is 2. The smallest absolute Gasteiger partial charge is 0.320 e. The van der Waals surface area contributed by atoms with Crippen molar-refractivity contribution < 1.29 is 19.5 Å². The van der Waals surface area contributed by atoms with E-state index in [1.807, 2.05) is 6.92 Å². The van der Waals surface area contributed by atoms with E-state index in [1.54, 1.807) is 16.7 Å². The van der Waals surface area contributed by atoms with Crippen molar-refractivity contribution in [1.82, 2.24) is 15.1 Å². The second-order valence-corrected chi connectivity index (χ2v) is 5.54. The molecule has 7 nitrogen and oxygen atoms in total. The molecule has 0 saturated carbocycles. The normalized spacial score (nSPS) is 30.9. The lowest BCUT2D eigenvalue weighted by Gasteiger charge is -2.42. The summed E-state index contributed by atoms with van der Waals surface area (Å²) < 4.78 is 0. The van der Waals surface area contributed by atoms with Crippen LogP contribution < -0.4 is 5.32 Å². The van der Waals surface area contributed by atoms with Crippen molar-refractivity contribution in [2.75, 3.05) is 19.6 Å². The molecule has 2 heterocycles. The molecule has 2 saturated heterocycles. The van der Waals surface area contributed by atoms with Crippen LogP contribution in [0.2, 0.25) is 0 Å². The van der Waals surface area contributed by atoms with Gasteiger partial charge in [-0.3, -0.25) is 9.59 Å². The summed E-state index contributed by atoms with van der Waals surface area (Å²) in [5.74, 6) is -1.32. The number of rotatable bonds is 1. The second-order valence-electron chi connectivity index (χ2n) is 5.54. The molecule has 3 amide bonds. The van der Waals surface area contributed by atoms with Crippen molar-refractivity contribution in [2.45, 2.75) is 38.8 Å². The molecule has 7 heteroatoms. The Morgan fingerprint density at radius 2 is 1.95 bits per heavy atom. The Kier molecular flexibility index (Phi) is 4.15. The van der Waals surface area contributed by atoms with Gasteiger partial charge in [0, 0.05) is 25.7 Å². The van der Waals surface area contributed by atoms with Crippen molar-refractivity contribution in [3.8, 4) is 0 Å². The van der Waals surface area contributed by atoms with Crippen LogP contribution in [0.4, 0.5) is 4.79 Å². The van der Waals surface area contributed by atoms with Crippen molar-refractivity contribution in [2.24, 2.45) is 5.92 Å². The molecule has 2 aliphatic heterocycles. The predicted molar refractivity (Wildman–Crippen MR) is 71.1 cm³/mol. The number of nitrogens with one attached hydrogen (secondary N) is 1. The van der Waals surface area contributed by atoms with Gasteiger partial charge in [-0.05, 0) is 26.7 Å². The SMILES string of the molecule is CC1CC(C(=O)O)CCN1C(=O)N1CCNC(=O)C1C. The van der Waals surface area contributed by atoms with Gasteiger partial charge in [0.15, 0.2) is 0 Å². The molecular weight excluding hydrogens is 262 g/mol. The van der Waals surface area contributed by atoms with Crippen LogP contribution in [0, 0.1) is 5.92 Å². The lowest BCUT2D eigenvalue weighted by Crippen LogP contribution is -2.61. The highest BCUT2D eigenvalue weighted by atomic mass is 16.4. The highest BCUT2D eigenvalue weighted by Gasteiger charge is 2.37. The molecular formula is C13H21N3O4. The number of carbonyl (C=O) groups excluding carboxylic acids is 2. The third-order valence-electron chi connectivity index (χ3n) is 4.22. The van der Waals surface area contributed by atoms with Gasteiger partial charge in [-0.25, -0.2) is 4.79 Å². The van der Waals surface area contributed by atoms with E-state index in [1.165, 1.54) is 0 Å². The molecule has 3 unspecified atom stereocenters. The van der Waals surface area contributed by atoms with Gasteiger partial charge in [0.25, 0.3) is 0 Å². The fraction of sp³-hybridized carbons (Fsp3) is 0.769. The monoisotopic (exact) mass is 283 g/mol. The molecule has 112 valence electrons. The average Bonchev–Trinajstić information content (AvgIpc) is 2.41. The maximum absolute atomic E-state index is 12.5. The number of piperazine rings is 1. The van der Waals surface area contributed by atoms with Crippen LogP contribution in [0.1, 0.15) is 26.7 Å². The zero-order chi connectivity index (χ0) is 14.9. The molecule has 2 fully saturated rings. The summed E-state index contributed by atoms with van der Waals surface area (Å²) in [5.41, 5.74) is 0. The maximum atomic E-state index is 12.5. The summed E-state index contributed by atoms with van der Waals surface area (Å²) >= 11 is 0. The fourth-order valence-electron chi connectivity index (χ4n) is 2.89. The van der Waals surface area contributed by atoms with Gasteiger partial charge < -0.3 is 20.2 Å². The van der Waals surface area contributed by atoms with E-state index in [0.717, 1.165) is 0 Å². The van der Waals surface area contributed by atoms with Gasteiger partial charge in [-0.15, -0.1) is 0 Å². The Balaban J connectivity index is 2.02. The van der Waals surface area contributed by atoms with E-state index in [9.17, 15) is 14.4 Å². The Morgan fingerprint density at radius 1 is 1.25 bits per heavy atom. The van der Waals surface area contributed by atoms with E-state index in [2.05, 4.69) is 5.32 Å². The molecule has 0 aromatic carbocycles. The number of carboxylic acids is 1. The van der Waals surface area contributed by atoms with Gasteiger partial charge in [-0.2, -0.15) is 0 Å². The number of aliphatic carboxylic acids is 1. The first-order valence-corrected chi connectivity index (χ1v) is 6.99. The molecule has 2 rings (SSSR count). The third kappa shape index (κ3) is 2.71. The molecule has 20 heavy (non-hydrogen) atoms. The maximum Gasteiger partial charge on any atom is 0.320 e. The summed E-state index contributed by atoms with van der Waals surface area (Å²) in [6.07, 6.45) is 0.940. The van der Waals surface area contributed by atoms with Gasteiger partial charge in [-0.1, -0.05) is 0 Å². The van der Waals surface area contributed by atoms with Crippen molar-refractivity contribution >= 4 is 17.9 Å². The molecule has 0 spiro atoms. The second kappa shape index (κ2) is 5.68. The Hall–Kier alpha value is -1.79. The van der Waals surface area contributed by atoms with Crippen molar-refractivity contribution in [3.63, 3.8) is 0 Å². The van der Waals surface area contributed by atoms with E-state index in [0.29, 0.717) is 32.5 Å². The summed E-state index contributed by atoms with van der Waals surface area (Å²) in [6.45, 7) is 4.97. The highest BCUT2D eigenvalue weighted by Crippen LogP contribution is 2.24. The fourth-order valence-corrected chi connectivity index (χ4v) is 2.89.